The highest BCUT2D eigenvalue weighted by Gasteiger charge is 2.39. The first-order valence-electron chi connectivity index (χ1n) is 3.96. The van der Waals surface area contributed by atoms with E-state index in [4.69, 9.17) is 4.74 Å². The Morgan fingerprint density at radius 1 is 1.75 bits per heavy atom. The first-order chi connectivity index (χ1) is 5.69. The van der Waals surface area contributed by atoms with Crippen LogP contribution in [0.3, 0.4) is 0 Å². The van der Waals surface area contributed by atoms with Gasteiger partial charge in [0.15, 0.2) is 0 Å². The van der Waals surface area contributed by atoms with Gasteiger partial charge < -0.3 is 9.47 Å². The van der Waals surface area contributed by atoms with Crippen LogP contribution in [0, 0.1) is 5.92 Å². The van der Waals surface area contributed by atoms with Crippen molar-refractivity contribution in [1.82, 2.24) is 0 Å². The predicted molar refractivity (Wildman–Crippen MR) is 40.3 cm³/mol. The summed E-state index contributed by atoms with van der Waals surface area (Å²) in [5.74, 6) is -1.06. The van der Waals surface area contributed by atoms with Gasteiger partial charge >= 0.3 is 11.9 Å². The smallest absolute Gasteiger partial charge is 0.313 e. The molecule has 0 N–H and O–H groups in total. The Balaban J connectivity index is 2.63. The van der Waals surface area contributed by atoms with E-state index in [9.17, 15) is 9.59 Å². The Kier molecular flexibility index (Phi) is 2.68. The van der Waals surface area contributed by atoms with Gasteiger partial charge in [-0.3, -0.25) is 9.59 Å². The Morgan fingerprint density at radius 2 is 2.42 bits per heavy atom. The highest BCUT2D eigenvalue weighted by Crippen LogP contribution is 2.25. The maximum absolute atomic E-state index is 11.1. The summed E-state index contributed by atoms with van der Waals surface area (Å²) >= 11 is 0. The number of carbonyl (C=O) groups excluding carboxylic acids is 2. The van der Waals surface area contributed by atoms with Gasteiger partial charge in [0, 0.05) is 0 Å². The molecule has 4 heteroatoms. The molecule has 0 bridgehead atoms. The van der Waals surface area contributed by atoms with Crippen LogP contribution in [-0.2, 0) is 19.1 Å². The first kappa shape index (κ1) is 9.03. The normalized spacial score (nSPS) is 28.3. The Labute approximate surface area is 70.8 Å². The van der Waals surface area contributed by atoms with Crippen molar-refractivity contribution in [2.45, 2.75) is 25.9 Å². The minimum absolute atomic E-state index is 0.158. The van der Waals surface area contributed by atoms with E-state index < -0.39 is 5.92 Å². The number of ether oxygens (including phenoxy) is 2. The molecule has 0 saturated carbocycles. The van der Waals surface area contributed by atoms with E-state index in [2.05, 4.69) is 4.74 Å². The van der Waals surface area contributed by atoms with Crippen molar-refractivity contribution in [3.05, 3.63) is 0 Å². The molecule has 68 valence electrons. The third-order valence-corrected chi connectivity index (χ3v) is 2.02. The van der Waals surface area contributed by atoms with Crippen LogP contribution in [0.15, 0.2) is 0 Å². The molecule has 0 unspecified atom stereocenters. The van der Waals surface area contributed by atoms with E-state index in [1.54, 1.807) is 0 Å². The number of methoxy groups -OCH3 is 1. The summed E-state index contributed by atoms with van der Waals surface area (Å²) in [7, 11) is 1.32. The van der Waals surface area contributed by atoms with Gasteiger partial charge in [-0.2, -0.15) is 0 Å². The molecule has 0 aromatic carbocycles. The Morgan fingerprint density at radius 3 is 2.92 bits per heavy atom. The molecule has 2 atom stereocenters. The number of hydrogen-bond acceptors (Lipinski definition) is 4. The highest BCUT2D eigenvalue weighted by atomic mass is 16.6. The van der Waals surface area contributed by atoms with E-state index in [0.29, 0.717) is 6.42 Å². The zero-order valence-electron chi connectivity index (χ0n) is 7.20. The molecule has 4 nitrogen and oxygen atoms in total. The number of cyclic esters (lactones) is 1. The monoisotopic (exact) mass is 172 g/mol. The van der Waals surface area contributed by atoms with E-state index in [1.807, 2.05) is 6.92 Å². The van der Waals surface area contributed by atoms with Crippen molar-refractivity contribution in [3.63, 3.8) is 0 Å². The summed E-state index contributed by atoms with van der Waals surface area (Å²) in [5.41, 5.74) is 0. The fourth-order valence-corrected chi connectivity index (χ4v) is 1.36. The second-order valence-corrected chi connectivity index (χ2v) is 2.77. The van der Waals surface area contributed by atoms with Crippen molar-refractivity contribution < 1.29 is 19.1 Å². The average molecular weight is 172 g/mol. The highest BCUT2D eigenvalue weighted by molar-refractivity contribution is 5.83. The molecule has 1 aliphatic heterocycles. The van der Waals surface area contributed by atoms with Gasteiger partial charge in [-0.1, -0.05) is 6.92 Å². The van der Waals surface area contributed by atoms with Crippen molar-refractivity contribution in [1.29, 1.82) is 0 Å². The molecule has 0 radical (unpaired) electrons. The van der Waals surface area contributed by atoms with Crippen LogP contribution >= 0.6 is 0 Å². The lowest BCUT2D eigenvalue weighted by Crippen LogP contribution is -2.24. The SMILES string of the molecule is CC[C@H]1OC(=O)C[C@H]1C(=O)OC. The van der Waals surface area contributed by atoms with Crippen molar-refractivity contribution in [2.24, 2.45) is 5.92 Å². The van der Waals surface area contributed by atoms with Crippen LogP contribution in [0.2, 0.25) is 0 Å². The van der Waals surface area contributed by atoms with Crippen molar-refractivity contribution in [3.8, 4) is 0 Å². The van der Waals surface area contributed by atoms with Gasteiger partial charge in [0.25, 0.3) is 0 Å². The van der Waals surface area contributed by atoms with Gasteiger partial charge in [0.2, 0.25) is 0 Å². The lowest BCUT2D eigenvalue weighted by Gasteiger charge is -2.12. The molecule has 0 amide bonds. The van der Waals surface area contributed by atoms with Gasteiger partial charge in [0.1, 0.15) is 12.0 Å². The number of hydrogen-bond donors (Lipinski definition) is 0. The van der Waals surface area contributed by atoms with Crippen molar-refractivity contribution in [2.75, 3.05) is 7.11 Å². The van der Waals surface area contributed by atoms with Gasteiger partial charge in [0.05, 0.1) is 13.5 Å². The maximum atomic E-state index is 11.1. The average Bonchev–Trinajstić information content (AvgIpc) is 2.45. The minimum atomic E-state index is -0.396. The predicted octanol–water partition coefficient (Wildman–Crippen LogP) is 0.501. The zero-order valence-corrected chi connectivity index (χ0v) is 7.20. The van der Waals surface area contributed by atoms with E-state index in [1.165, 1.54) is 7.11 Å². The van der Waals surface area contributed by atoms with Gasteiger partial charge in [-0.05, 0) is 6.42 Å². The largest absolute Gasteiger partial charge is 0.469 e. The third-order valence-electron chi connectivity index (χ3n) is 2.02. The fourth-order valence-electron chi connectivity index (χ4n) is 1.36. The lowest BCUT2D eigenvalue weighted by atomic mass is 10.00. The molecule has 1 fully saturated rings. The van der Waals surface area contributed by atoms with Crippen LogP contribution in [0.1, 0.15) is 19.8 Å². The maximum Gasteiger partial charge on any atom is 0.313 e. The standard InChI is InChI=1S/C8H12O4/c1-3-6-5(8(10)11-2)4-7(9)12-6/h5-6H,3-4H2,1-2H3/t5-,6-/m1/s1. The molecule has 1 heterocycles. The van der Waals surface area contributed by atoms with Gasteiger partial charge in [-0.25, -0.2) is 0 Å². The minimum Gasteiger partial charge on any atom is -0.469 e. The second-order valence-electron chi connectivity index (χ2n) is 2.77. The summed E-state index contributed by atoms with van der Waals surface area (Å²) in [4.78, 5) is 21.9. The lowest BCUT2D eigenvalue weighted by molar-refractivity contribution is -0.147. The van der Waals surface area contributed by atoms with E-state index >= 15 is 0 Å². The quantitative estimate of drug-likeness (QED) is 0.569. The Bertz CT molecular complexity index is 199. The second kappa shape index (κ2) is 3.56. The molecule has 0 aromatic heterocycles. The summed E-state index contributed by atoms with van der Waals surface area (Å²) < 4.78 is 9.45. The molecule has 0 aliphatic carbocycles. The molecular weight excluding hydrogens is 160 g/mol. The fraction of sp³-hybridized carbons (Fsp3) is 0.750. The number of carbonyl (C=O) groups is 2. The van der Waals surface area contributed by atoms with E-state index in [-0.39, 0.29) is 24.5 Å². The molecule has 0 spiro atoms. The van der Waals surface area contributed by atoms with Crippen LogP contribution in [-0.4, -0.2) is 25.2 Å². The zero-order chi connectivity index (χ0) is 9.14. The van der Waals surface area contributed by atoms with E-state index in [0.717, 1.165) is 0 Å². The summed E-state index contributed by atoms with van der Waals surface area (Å²) in [6.07, 6.45) is 0.529. The third kappa shape index (κ3) is 1.57. The van der Waals surface area contributed by atoms with Crippen LogP contribution < -0.4 is 0 Å². The van der Waals surface area contributed by atoms with Crippen LogP contribution in [0.5, 0.6) is 0 Å². The molecule has 1 rings (SSSR count). The topological polar surface area (TPSA) is 52.6 Å². The number of esters is 2. The van der Waals surface area contributed by atoms with Crippen molar-refractivity contribution >= 4 is 11.9 Å². The molecular formula is C8H12O4. The molecule has 1 saturated heterocycles. The molecule has 1 aliphatic rings. The van der Waals surface area contributed by atoms with Gasteiger partial charge in [-0.15, -0.1) is 0 Å². The Hall–Kier alpha value is -1.06. The van der Waals surface area contributed by atoms with Crippen LogP contribution in [0.4, 0.5) is 0 Å². The summed E-state index contributed by atoms with van der Waals surface area (Å²) in [6, 6.07) is 0. The summed E-state index contributed by atoms with van der Waals surface area (Å²) in [6.45, 7) is 1.87. The first-order valence-corrected chi connectivity index (χ1v) is 3.96. The number of rotatable bonds is 2. The molecule has 0 aromatic rings. The van der Waals surface area contributed by atoms with Crippen LogP contribution in [0.25, 0.3) is 0 Å². The summed E-state index contributed by atoms with van der Waals surface area (Å²) in [5, 5.41) is 0. The molecule has 12 heavy (non-hydrogen) atoms.